The summed E-state index contributed by atoms with van der Waals surface area (Å²) in [5.41, 5.74) is 0. The molecule has 0 aromatic rings. The van der Waals surface area contributed by atoms with Gasteiger partial charge >= 0.3 is 0 Å². The number of hydrogen-bond donors (Lipinski definition) is 3. The average molecular weight is 196 g/mol. The monoisotopic (exact) mass is 196 g/mol. The Morgan fingerprint density at radius 3 is 2.42 bits per heavy atom. The van der Waals surface area contributed by atoms with Crippen molar-refractivity contribution in [2.75, 3.05) is 32.5 Å². The summed E-state index contributed by atoms with van der Waals surface area (Å²) in [6.07, 6.45) is 1.86. The molecule has 0 heterocycles. The zero-order chi connectivity index (χ0) is 9.45. The fourth-order valence-corrected chi connectivity index (χ4v) is 1.19. The number of hydrogen-bond acceptors (Lipinski definition) is 4. The predicted molar refractivity (Wildman–Crippen MR) is 47.4 cm³/mol. The van der Waals surface area contributed by atoms with Gasteiger partial charge < -0.3 is 10.4 Å². The highest BCUT2D eigenvalue weighted by atomic mass is 32.2. The lowest BCUT2D eigenvalue weighted by Gasteiger charge is -2.02. The third-order valence-electron chi connectivity index (χ3n) is 1.18. The summed E-state index contributed by atoms with van der Waals surface area (Å²) < 4.78 is 23.5. The molecule has 0 saturated carbocycles. The molecule has 12 heavy (non-hydrogen) atoms. The van der Waals surface area contributed by atoms with Gasteiger partial charge in [-0.3, -0.25) is 0 Å². The van der Waals surface area contributed by atoms with Gasteiger partial charge in [0.25, 0.3) is 0 Å². The highest BCUT2D eigenvalue weighted by Gasteiger charge is 1.97. The molecule has 0 aliphatic heterocycles. The van der Waals surface area contributed by atoms with E-state index in [0.717, 1.165) is 12.7 Å². The van der Waals surface area contributed by atoms with Gasteiger partial charge in [0.05, 0.1) is 12.9 Å². The zero-order valence-electron chi connectivity index (χ0n) is 7.21. The van der Waals surface area contributed by atoms with Crippen molar-refractivity contribution < 1.29 is 13.5 Å². The van der Waals surface area contributed by atoms with Gasteiger partial charge in [0, 0.05) is 13.1 Å². The molecule has 0 atom stereocenters. The van der Waals surface area contributed by atoms with Crippen LogP contribution < -0.4 is 10.0 Å². The molecule has 0 spiro atoms. The molecule has 0 aromatic carbocycles. The van der Waals surface area contributed by atoms with Crippen LogP contribution in [0.2, 0.25) is 0 Å². The van der Waals surface area contributed by atoms with Crippen molar-refractivity contribution in [3.63, 3.8) is 0 Å². The molecule has 5 nitrogen and oxygen atoms in total. The summed E-state index contributed by atoms with van der Waals surface area (Å²) in [5.74, 6) is 0. The summed E-state index contributed by atoms with van der Waals surface area (Å²) in [4.78, 5) is 0. The van der Waals surface area contributed by atoms with Crippen molar-refractivity contribution in [2.24, 2.45) is 0 Å². The Hall–Kier alpha value is -0.170. The molecule has 0 saturated heterocycles. The predicted octanol–water partition coefficient (Wildman–Crippen LogP) is -1.49. The first kappa shape index (κ1) is 11.8. The molecule has 0 radical (unpaired) electrons. The molecule has 6 heteroatoms. The Morgan fingerprint density at radius 2 is 1.92 bits per heavy atom. The van der Waals surface area contributed by atoms with Crippen molar-refractivity contribution in [1.82, 2.24) is 10.0 Å². The molecule has 0 bridgehead atoms. The standard InChI is InChI=1S/C6H16N2O3S/c1-12(10,11)8-4-2-3-7-5-6-9/h7-9H,2-6H2,1H3. The minimum absolute atomic E-state index is 0.111. The Morgan fingerprint density at radius 1 is 1.25 bits per heavy atom. The zero-order valence-corrected chi connectivity index (χ0v) is 8.02. The molecule has 0 aliphatic rings. The minimum atomic E-state index is -3.04. The normalized spacial score (nSPS) is 11.8. The second-order valence-corrected chi connectivity index (χ2v) is 4.33. The largest absolute Gasteiger partial charge is 0.395 e. The molecule has 74 valence electrons. The van der Waals surface area contributed by atoms with E-state index in [1.165, 1.54) is 0 Å². The number of nitrogens with one attached hydrogen (secondary N) is 2. The van der Waals surface area contributed by atoms with Gasteiger partial charge in [-0.1, -0.05) is 0 Å². The second-order valence-electron chi connectivity index (χ2n) is 2.49. The van der Waals surface area contributed by atoms with Gasteiger partial charge in [-0.2, -0.15) is 0 Å². The van der Waals surface area contributed by atoms with E-state index < -0.39 is 10.0 Å². The maximum Gasteiger partial charge on any atom is 0.208 e. The van der Waals surface area contributed by atoms with Gasteiger partial charge in [-0.25, -0.2) is 13.1 Å². The van der Waals surface area contributed by atoms with Crippen molar-refractivity contribution in [3.8, 4) is 0 Å². The third kappa shape index (κ3) is 9.83. The van der Waals surface area contributed by atoms with Crippen LogP contribution in [0.1, 0.15) is 6.42 Å². The average Bonchev–Trinajstić information content (AvgIpc) is 1.94. The van der Waals surface area contributed by atoms with Gasteiger partial charge in [0.15, 0.2) is 0 Å². The Labute approximate surface area is 73.2 Å². The fraction of sp³-hybridized carbons (Fsp3) is 1.00. The highest BCUT2D eigenvalue weighted by molar-refractivity contribution is 7.88. The van der Waals surface area contributed by atoms with Crippen molar-refractivity contribution in [2.45, 2.75) is 6.42 Å². The summed E-state index contributed by atoms with van der Waals surface area (Å²) >= 11 is 0. The molecule has 0 aromatic heterocycles. The van der Waals surface area contributed by atoms with Crippen molar-refractivity contribution >= 4 is 10.0 Å². The van der Waals surface area contributed by atoms with Crippen LogP contribution >= 0.6 is 0 Å². The molecule has 0 unspecified atom stereocenters. The lowest BCUT2D eigenvalue weighted by molar-refractivity contribution is 0.292. The summed E-state index contributed by atoms with van der Waals surface area (Å²) in [6, 6.07) is 0. The minimum Gasteiger partial charge on any atom is -0.395 e. The Bertz CT molecular complexity index is 191. The summed E-state index contributed by atoms with van der Waals surface area (Å²) in [5, 5.41) is 11.3. The number of sulfonamides is 1. The van der Waals surface area contributed by atoms with Crippen molar-refractivity contribution in [1.29, 1.82) is 0 Å². The van der Waals surface area contributed by atoms with Gasteiger partial charge in [-0.15, -0.1) is 0 Å². The maximum absolute atomic E-state index is 10.5. The fourth-order valence-electron chi connectivity index (χ4n) is 0.675. The molecular formula is C6H16N2O3S. The lowest BCUT2D eigenvalue weighted by atomic mass is 10.4. The van der Waals surface area contributed by atoms with E-state index in [-0.39, 0.29) is 6.61 Å². The van der Waals surface area contributed by atoms with Crippen LogP contribution in [0, 0.1) is 0 Å². The van der Waals surface area contributed by atoms with Gasteiger partial charge in [-0.05, 0) is 13.0 Å². The van der Waals surface area contributed by atoms with Gasteiger partial charge in [0.2, 0.25) is 10.0 Å². The first-order valence-corrected chi connectivity index (χ1v) is 5.71. The van der Waals surface area contributed by atoms with E-state index in [2.05, 4.69) is 10.0 Å². The van der Waals surface area contributed by atoms with Crippen LogP contribution in [0.5, 0.6) is 0 Å². The van der Waals surface area contributed by atoms with E-state index in [1.807, 2.05) is 0 Å². The molecule has 0 aliphatic carbocycles. The quantitative estimate of drug-likeness (QED) is 0.433. The van der Waals surface area contributed by atoms with E-state index in [4.69, 9.17) is 5.11 Å². The summed E-state index contributed by atoms with van der Waals surface area (Å²) in [6.45, 7) is 1.82. The number of aliphatic hydroxyl groups is 1. The molecule has 3 N–H and O–H groups in total. The first-order valence-electron chi connectivity index (χ1n) is 3.82. The molecular weight excluding hydrogens is 180 g/mol. The Balaban J connectivity index is 3.12. The molecule has 0 amide bonds. The topological polar surface area (TPSA) is 78.4 Å². The van der Waals surface area contributed by atoms with Crippen LogP contribution in [0.4, 0.5) is 0 Å². The molecule has 0 fully saturated rings. The Kier molecular flexibility index (Phi) is 6.27. The SMILES string of the molecule is CS(=O)(=O)NCCCNCCO. The van der Waals surface area contributed by atoms with Crippen LogP contribution in [-0.2, 0) is 10.0 Å². The lowest BCUT2D eigenvalue weighted by Crippen LogP contribution is -2.27. The van der Waals surface area contributed by atoms with E-state index >= 15 is 0 Å². The third-order valence-corrected chi connectivity index (χ3v) is 1.91. The number of aliphatic hydroxyl groups excluding tert-OH is 1. The highest BCUT2D eigenvalue weighted by Crippen LogP contribution is 1.77. The van der Waals surface area contributed by atoms with Crippen LogP contribution in [-0.4, -0.2) is 46.0 Å². The summed E-state index contributed by atoms with van der Waals surface area (Å²) in [7, 11) is -3.04. The molecule has 0 rings (SSSR count). The van der Waals surface area contributed by atoms with Crippen LogP contribution in [0.25, 0.3) is 0 Å². The van der Waals surface area contributed by atoms with Crippen molar-refractivity contribution in [3.05, 3.63) is 0 Å². The smallest absolute Gasteiger partial charge is 0.208 e. The maximum atomic E-state index is 10.5. The van der Waals surface area contributed by atoms with E-state index in [1.54, 1.807) is 0 Å². The van der Waals surface area contributed by atoms with Crippen LogP contribution in [0.3, 0.4) is 0 Å². The van der Waals surface area contributed by atoms with E-state index in [0.29, 0.717) is 19.6 Å². The number of rotatable bonds is 7. The first-order chi connectivity index (χ1) is 5.56. The van der Waals surface area contributed by atoms with Gasteiger partial charge in [0.1, 0.15) is 0 Å². The van der Waals surface area contributed by atoms with Crippen LogP contribution in [0.15, 0.2) is 0 Å². The second kappa shape index (κ2) is 6.36. The van der Waals surface area contributed by atoms with E-state index in [9.17, 15) is 8.42 Å².